The second kappa shape index (κ2) is 6.37. The van der Waals surface area contributed by atoms with Gasteiger partial charge in [0.15, 0.2) is 0 Å². The Kier molecular flexibility index (Phi) is 4.78. The molecule has 4 heteroatoms. The number of rotatable bonds is 6. The van der Waals surface area contributed by atoms with Crippen molar-refractivity contribution in [2.75, 3.05) is 26.0 Å². The summed E-state index contributed by atoms with van der Waals surface area (Å²) in [4.78, 5) is 14.3. The fraction of sp³-hybridized carbons (Fsp3) is 0.562. The molecule has 1 aromatic carbocycles. The average molecular weight is 275 g/mol. The molecule has 0 saturated heterocycles. The Morgan fingerprint density at radius 1 is 1.35 bits per heavy atom. The van der Waals surface area contributed by atoms with Gasteiger partial charge in [-0.3, -0.25) is 4.79 Å². The van der Waals surface area contributed by atoms with E-state index in [4.69, 9.17) is 5.73 Å². The van der Waals surface area contributed by atoms with E-state index >= 15 is 0 Å². The third-order valence-electron chi connectivity index (χ3n) is 4.16. The minimum atomic E-state index is 0.0561. The fourth-order valence-electron chi connectivity index (χ4n) is 2.79. The van der Waals surface area contributed by atoms with Crippen LogP contribution in [0.1, 0.15) is 31.2 Å². The molecule has 4 nitrogen and oxygen atoms in total. The number of nitrogens with one attached hydrogen (secondary N) is 1. The van der Waals surface area contributed by atoms with Crippen molar-refractivity contribution >= 4 is 11.6 Å². The molecule has 0 atom stereocenters. The number of benzene rings is 1. The van der Waals surface area contributed by atoms with Crippen LogP contribution in [0.25, 0.3) is 0 Å². The second-order valence-corrected chi connectivity index (χ2v) is 6.18. The van der Waals surface area contributed by atoms with Crippen molar-refractivity contribution in [3.8, 4) is 0 Å². The van der Waals surface area contributed by atoms with Gasteiger partial charge in [-0.05, 0) is 50.5 Å². The molecule has 0 radical (unpaired) electrons. The molecule has 1 aliphatic carbocycles. The van der Waals surface area contributed by atoms with Gasteiger partial charge in [0, 0.05) is 18.7 Å². The van der Waals surface area contributed by atoms with Crippen molar-refractivity contribution in [3.05, 3.63) is 29.8 Å². The zero-order chi connectivity index (χ0) is 14.6. The first-order valence-corrected chi connectivity index (χ1v) is 7.27. The van der Waals surface area contributed by atoms with Crippen LogP contribution in [-0.2, 0) is 11.3 Å². The van der Waals surface area contributed by atoms with E-state index in [0.29, 0.717) is 13.0 Å². The lowest BCUT2D eigenvalue weighted by Gasteiger charge is -2.40. The maximum atomic E-state index is 12.2. The molecule has 20 heavy (non-hydrogen) atoms. The molecule has 0 aromatic heterocycles. The van der Waals surface area contributed by atoms with E-state index in [-0.39, 0.29) is 11.3 Å². The topological polar surface area (TPSA) is 58.4 Å². The van der Waals surface area contributed by atoms with Gasteiger partial charge in [-0.1, -0.05) is 24.6 Å². The van der Waals surface area contributed by atoms with Crippen molar-refractivity contribution in [2.24, 2.45) is 11.1 Å². The number of nitrogens with two attached hydrogens (primary N) is 1. The van der Waals surface area contributed by atoms with E-state index in [2.05, 4.69) is 16.3 Å². The lowest BCUT2D eigenvalue weighted by molar-refractivity contribution is -0.119. The van der Waals surface area contributed by atoms with Gasteiger partial charge in [0.1, 0.15) is 0 Å². The highest BCUT2D eigenvalue weighted by atomic mass is 16.1. The Hall–Kier alpha value is -1.39. The third-order valence-corrected chi connectivity index (χ3v) is 4.16. The zero-order valence-corrected chi connectivity index (χ0v) is 12.5. The predicted octanol–water partition coefficient (Wildman–Crippen LogP) is 2.21. The summed E-state index contributed by atoms with van der Waals surface area (Å²) in [6.07, 6.45) is 3.90. The van der Waals surface area contributed by atoms with Gasteiger partial charge in [0.05, 0.1) is 0 Å². The summed E-state index contributed by atoms with van der Waals surface area (Å²) < 4.78 is 0. The van der Waals surface area contributed by atoms with E-state index in [1.54, 1.807) is 0 Å². The van der Waals surface area contributed by atoms with E-state index in [1.165, 1.54) is 6.42 Å². The summed E-state index contributed by atoms with van der Waals surface area (Å²) in [7, 11) is 4.05. The van der Waals surface area contributed by atoms with Crippen molar-refractivity contribution in [3.63, 3.8) is 0 Å². The maximum Gasteiger partial charge on any atom is 0.224 e. The van der Waals surface area contributed by atoms with Crippen LogP contribution >= 0.6 is 0 Å². The minimum Gasteiger partial charge on any atom is -0.330 e. The van der Waals surface area contributed by atoms with Gasteiger partial charge in [-0.15, -0.1) is 0 Å². The van der Waals surface area contributed by atoms with E-state index in [1.807, 2.05) is 32.3 Å². The molecule has 3 N–H and O–H groups in total. The molecule has 0 aliphatic heterocycles. The quantitative estimate of drug-likeness (QED) is 0.837. The molecule has 0 unspecified atom stereocenters. The van der Waals surface area contributed by atoms with Crippen LogP contribution in [0.2, 0.25) is 0 Å². The Balaban J connectivity index is 2.00. The molecule has 110 valence electrons. The number of hydrogen-bond acceptors (Lipinski definition) is 3. The smallest absolute Gasteiger partial charge is 0.224 e. The average Bonchev–Trinajstić information content (AvgIpc) is 2.36. The fourth-order valence-corrected chi connectivity index (χ4v) is 2.79. The van der Waals surface area contributed by atoms with Crippen molar-refractivity contribution in [1.82, 2.24) is 4.90 Å². The maximum absolute atomic E-state index is 12.2. The Morgan fingerprint density at radius 3 is 2.60 bits per heavy atom. The normalized spacial score (nSPS) is 16.8. The summed E-state index contributed by atoms with van der Waals surface area (Å²) in [6.45, 7) is 1.43. The summed E-state index contributed by atoms with van der Waals surface area (Å²) in [5.74, 6) is 0.0846. The molecule has 0 heterocycles. The van der Waals surface area contributed by atoms with Crippen LogP contribution in [0.5, 0.6) is 0 Å². The van der Waals surface area contributed by atoms with Crippen LogP contribution < -0.4 is 11.1 Å². The predicted molar refractivity (Wildman–Crippen MR) is 82.4 cm³/mol. The molecule has 1 saturated carbocycles. The van der Waals surface area contributed by atoms with Gasteiger partial charge in [-0.25, -0.2) is 0 Å². The van der Waals surface area contributed by atoms with E-state index in [0.717, 1.165) is 30.6 Å². The number of nitrogens with zero attached hydrogens (tertiary/aromatic N) is 1. The standard InChI is InChI=1S/C16H25N3O/c1-19(2)11-13-6-3-4-7-14(13)18-15(20)10-16(12-17)8-5-9-16/h3-4,6-7H,5,8-12,17H2,1-2H3,(H,18,20). The van der Waals surface area contributed by atoms with Crippen LogP contribution in [0.4, 0.5) is 5.69 Å². The molecule has 2 rings (SSSR count). The Bertz CT molecular complexity index is 461. The molecule has 0 bridgehead atoms. The molecular weight excluding hydrogens is 250 g/mol. The van der Waals surface area contributed by atoms with E-state index < -0.39 is 0 Å². The van der Waals surface area contributed by atoms with Gasteiger partial charge < -0.3 is 16.0 Å². The number of anilines is 1. The number of para-hydroxylation sites is 1. The molecule has 1 aliphatic rings. The Morgan fingerprint density at radius 2 is 2.05 bits per heavy atom. The van der Waals surface area contributed by atoms with Crippen molar-refractivity contribution in [2.45, 2.75) is 32.2 Å². The largest absolute Gasteiger partial charge is 0.330 e. The number of carbonyl (C=O) groups is 1. The van der Waals surface area contributed by atoms with Crippen molar-refractivity contribution in [1.29, 1.82) is 0 Å². The van der Waals surface area contributed by atoms with Gasteiger partial charge >= 0.3 is 0 Å². The summed E-state index contributed by atoms with van der Waals surface area (Å²) in [5.41, 5.74) is 7.93. The molecule has 1 fully saturated rings. The van der Waals surface area contributed by atoms with Gasteiger partial charge in [-0.2, -0.15) is 0 Å². The first-order valence-electron chi connectivity index (χ1n) is 7.27. The molecule has 1 amide bonds. The van der Waals surface area contributed by atoms with E-state index in [9.17, 15) is 4.79 Å². The second-order valence-electron chi connectivity index (χ2n) is 6.18. The molecular formula is C16H25N3O. The number of carbonyl (C=O) groups excluding carboxylic acids is 1. The SMILES string of the molecule is CN(C)Cc1ccccc1NC(=O)CC1(CN)CCC1. The van der Waals surface area contributed by atoms with Crippen LogP contribution in [0.15, 0.2) is 24.3 Å². The lowest BCUT2D eigenvalue weighted by Crippen LogP contribution is -2.40. The van der Waals surface area contributed by atoms with Gasteiger partial charge in [0.25, 0.3) is 0 Å². The molecule has 0 spiro atoms. The highest BCUT2D eigenvalue weighted by Crippen LogP contribution is 2.43. The zero-order valence-electron chi connectivity index (χ0n) is 12.5. The third kappa shape index (κ3) is 3.58. The van der Waals surface area contributed by atoms with Gasteiger partial charge in [0.2, 0.25) is 5.91 Å². The highest BCUT2D eigenvalue weighted by Gasteiger charge is 2.37. The highest BCUT2D eigenvalue weighted by molar-refractivity contribution is 5.92. The summed E-state index contributed by atoms with van der Waals surface area (Å²) in [6, 6.07) is 7.98. The lowest BCUT2D eigenvalue weighted by atomic mass is 9.66. The summed E-state index contributed by atoms with van der Waals surface area (Å²) >= 11 is 0. The monoisotopic (exact) mass is 275 g/mol. The number of hydrogen-bond donors (Lipinski definition) is 2. The summed E-state index contributed by atoms with van der Waals surface area (Å²) in [5, 5.41) is 3.05. The first kappa shape index (κ1) is 15.0. The molecule has 1 aromatic rings. The minimum absolute atomic E-state index is 0.0561. The first-order chi connectivity index (χ1) is 9.54. The van der Waals surface area contributed by atoms with Crippen LogP contribution in [-0.4, -0.2) is 31.4 Å². The Labute approximate surface area is 121 Å². The van der Waals surface area contributed by atoms with Crippen molar-refractivity contribution < 1.29 is 4.79 Å². The van der Waals surface area contributed by atoms with Crippen LogP contribution in [0, 0.1) is 5.41 Å². The van der Waals surface area contributed by atoms with Crippen LogP contribution in [0.3, 0.4) is 0 Å². The number of amides is 1.